The average Bonchev–Trinajstić information content (AvgIpc) is 2.07. The zero-order valence-electron chi connectivity index (χ0n) is 6.46. The number of hydrogen-bond donors (Lipinski definition) is 0. The first kappa shape index (κ1) is 12.2. The molecule has 74 valence electrons. The van der Waals surface area contributed by atoms with Gasteiger partial charge in [0, 0.05) is 18.7 Å². The molecule has 1 rings (SSSR count). The Morgan fingerprint density at radius 2 is 2.07 bits per heavy atom. The molecule has 0 amide bonds. The van der Waals surface area contributed by atoms with Gasteiger partial charge >= 0.3 is 0 Å². The van der Waals surface area contributed by atoms with Crippen LogP contribution < -0.4 is 0 Å². The van der Waals surface area contributed by atoms with Crippen LogP contribution >= 0.6 is 49.2 Å². The molecule has 14 heavy (non-hydrogen) atoms. The Kier molecular flexibility index (Phi) is 3.80. The van der Waals surface area contributed by atoms with Gasteiger partial charge in [-0.3, -0.25) is 0 Å². The Balaban J connectivity index is 3.72. The van der Waals surface area contributed by atoms with Crippen molar-refractivity contribution in [2.75, 3.05) is 0 Å². The molecule has 0 radical (unpaired) electrons. The Hall–Kier alpha value is 0.160. The first-order valence-corrected chi connectivity index (χ1v) is 7.39. The number of rotatable bonds is 1. The smallest absolute Gasteiger partial charge is 0.207 e. The van der Waals surface area contributed by atoms with Crippen molar-refractivity contribution in [2.45, 2.75) is 4.90 Å². The third kappa shape index (κ3) is 2.39. The van der Waals surface area contributed by atoms with Gasteiger partial charge in [-0.05, 0) is 50.7 Å². The van der Waals surface area contributed by atoms with Crippen molar-refractivity contribution in [3.63, 3.8) is 0 Å². The minimum absolute atomic E-state index is 0.0487. The molecule has 0 saturated carbocycles. The van der Waals surface area contributed by atoms with Crippen LogP contribution in [0.3, 0.4) is 0 Å². The zero-order chi connectivity index (χ0) is 10.9. The van der Waals surface area contributed by atoms with Crippen LogP contribution in [-0.2, 0) is 9.05 Å². The lowest BCUT2D eigenvalue weighted by molar-refractivity contribution is 0.609. The van der Waals surface area contributed by atoms with Gasteiger partial charge in [-0.1, -0.05) is 0 Å². The van der Waals surface area contributed by atoms with E-state index in [0.29, 0.717) is 8.04 Å². The second-order valence-electron chi connectivity index (χ2n) is 2.29. The molecule has 1 aromatic rings. The minimum Gasteiger partial charge on any atom is -0.207 e. The minimum atomic E-state index is -3.89. The standard InChI is InChI=1S/C7H2BrClINO2S/c8-5-2-1-4(3-11)7(6(5)10)14(9,12)13/h1-2H. The predicted octanol–water partition coefficient (Wildman–Crippen LogP) is 2.85. The molecule has 0 bridgehead atoms. The van der Waals surface area contributed by atoms with E-state index in [1.54, 1.807) is 12.1 Å². The highest BCUT2D eigenvalue weighted by Gasteiger charge is 2.21. The number of hydrogen-bond acceptors (Lipinski definition) is 3. The molecule has 0 aromatic heterocycles. The predicted molar refractivity (Wildman–Crippen MR) is 64.6 cm³/mol. The van der Waals surface area contributed by atoms with Crippen LogP contribution in [0.5, 0.6) is 0 Å². The summed E-state index contributed by atoms with van der Waals surface area (Å²) >= 11 is 4.98. The molecule has 0 fully saturated rings. The topological polar surface area (TPSA) is 57.9 Å². The highest BCUT2D eigenvalue weighted by atomic mass is 127. The van der Waals surface area contributed by atoms with Gasteiger partial charge in [0.2, 0.25) is 0 Å². The van der Waals surface area contributed by atoms with E-state index in [0.717, 1.165) is 0 Å². The first-order valence-electron chi connectivity index (χ1n) is 3.20. The van der Waals surface area contributed by atoms with E-state index in [1.165, 1.54) is 6.07 Å². The zero-order valence-corrected chi connectivity index (χ0v) is 11.8. The van der Waals surface area contributed by atoms with Gasteiger partial charge in [-0.25, -0.2) is 8.42 Å². The van der Waals surface area contributed by atoms with Crippen LogP contribution in [0.1, 0.15) is 5.56 Å². The molecule has 0 unspecified atom stereocenters. The van der Waals surface area contributed by atoms with Gasteiger partial charge in [-0.15, -0.1) is 0 Å². The molecule has 1 aromatic carbocycles. The molecular formula is C7H2BrClINO2S. The quantitative estimate of drug-likeness (QED) is 0.532. The highest BCUT2D eigenvalue weighted by Crippen LogP contribution is 2.31. The third-order valence-corrected chi connectivity index (χ3v) is 5.68. The summed E-state index contributed by atoms with van der Waals surface area (Å²) in [5.41, 5.74) is 0.0487. The maximum atomic E-state index is 11.2. The molecule has 0 atom stereocenters. The van der Waals surface area contributed by atoms with E-state index < -0.39 is 9.05 Å². The van der Waals surface area contributed by atoms with E-state index in [4.69, 9.17) is 15.9 Å². The van der Waals surface area contributed by atoms with Crippen molar-refractivity contribution in [1.82, 2.24) is 0 Å². The van der Waals surface area contributed by atoms with Crippen LogP contribution in [0.4, 0.5) is 0 Å². The van der Waals surface area contributed by atoms with Crippen molar-refractivity contribution >= 4 is 58.3 Å². The Morgan fingerprint density at radius 3 is 2.50 bits per heavy atom. The van der Waals surface area contributed by atoms with Crippen molar-refractivity contribution in [3.05, 3.63) is 25.7 Å². The molecule has 0 N–H and O–H groups in total. The summed E-state index contributed by atoms with van der Waals surface area (Å²) in [6.45, 7) is 0. The van der Waals surface area contributed by atoms with Crippen LogP contribution in [-0.4, -0.2) is 8.42 Å². The fourth-order valence-electron chi connectivity index (χ4n) is 0.858. The summed E-state index contributed by atoms with van der Waals surface area (Å²) in [5, 5.41) is 8.71. The molecule has 7 heteroatoms. The second kappa shape index (κ2) is 4.35. The summed E-state index contributed by atoms with van der Waals surface area (Å²) in [4.78, 5) is -0.142. The lowest BCUT2D eigenvalue weighted by atomic mass is 10.2. The second-order valence-corrected chi connectivity index (χ2v) is 6.72. The van der Waals surface area contributed by atoms with Crippen LogP contribution in [0, 0.1) is 14.9 Å². The van der Waals surface area contributed by atoms with Crippen molar-refractivity contribution in [1.29, 1.82) is 5.26 Å². The molecular weight excluding hydrogens is 404 g/mol. The average molecular weight is 406 g/mol. The van der Waals surface area contributed by atoms with Gasteiger partial charge in [0.1, 0.15) is 11.0 Å². The SMILES string of the molecule is N#Cc1ccc(Br)c(I)c1S(=O)(=O)Cl. The Morgan fingerprint density at radius 1 is 1.50 bits per heavy atom. The summed E-state index contributed by atoms with van der Waals surface area (Å²) in [6.07, 6.45) is 0. The number of nitriles is 1. The summed E-state index contributed by atoms with van der Waals surface area (Å²) < 4.78 is 23.4. The van der Waals surface area contributed by atoms with Crippen LogP contribution in [0.25, 0.3) is 0 Å². The largest absolute Gasteiger partial charge is 0.263 e. The van der Waals surface area contributed by atoms with Crippen molar-refractivity contribution in [2.24, 2.45) is 0 Å². The van der Waals surface area contributed by atoms with Gasteiger partial charge in [-0.2, -0.15) is 5.26 Å². The van der Waals surface area contributed by atoms with E-state index in [9.17, 15) is 8.42 Å². The fourth-order valence-corrected chi connectivity index (χ4v) is 4.23. The lowest BCUT2D eigenvalue weighted by Crippen LogP contribution is -1.99. The van der Waals surface area contributed by atoms with Crippen molar-refractivity contribution < 1.29 is 8.42 Å². The number of halogens is 3. The monoisotopic (exact) mass is 405 g/mol. The van der Waals surface area contributed by atoms with Gasteiger partial charge in [0.25, 0.3) is 9.05 Å². The fraction of sp³-hybridized carbons (Fsp3) is 0. The van der Waals surface area contributed by atoms with Crippen molar-refractivity contribution in [3.8, 4) is 6.07 Å². The van der Waals surface area contributed by atoms with E-state index in [-0.39, 0.29) is 10.5 Å². The Bertz CT molecular complexity index is 523. The highest BCUT2D eigenvalue weighted by molar-refractivity contribution is 14.1. The van der Waals surface area contributed by atoms with Gasteiger partial charge in [0.15, 0.2) is 0 Å². The van der Waals surface area contributed by atoms with Crippen LogP contribution in [0.2, 0.25) is 0 Å². The maximum Gasteiger partial charge on any atom is 0.263 e. The number of nitrogens with zero attached hydrogens (tertiary/aromatic N) is 1. The molecule has 3 nitrogen and oxygen atoms in total. The van der Waals surface area contributed by atoms with E-state index >= 15 is 0 Å². The molecule has 0 aliphatic rings. The van der Waals surface area contributed by atoms with Crippen LogP contribution in [0.15, 0.2) is 21.5 Å². The van der Waals surface area contributed by atoms with E-state index in [1.807, 2.05) is 22.6 Å². The normalized spacial score (nSPS) is 11.0. The third-order valence-electron chi connectivity index (χ3n) is 1.41. The summed E-state index contributed by atoms with van der Waals surface area (Å²) in [5.74, 6) is 0. The Labute approximate surface area is 108 Å². The maximum absolute atomic E-state index is 11.2. The first-order chi connectivity index (χ1) is 6.38. The molecule has 0 heterocycles. The molecule has 0 aliphatic carbocycles. The number of benzene rings is 1. The summed E-state index contributed by atoms with van der Waals surface area (Å²) in [7, 11) is 1.33. The molecule has 0 spiro atoms. The lowest BCUT2D eigenvalue weighted by Gasteiger charge is -2.04. The van der Waals surface area contributed by atoms with Gasteiger partial charge < -0.3 is 0 Å². The molecule has 0 saturated heterocycles. The summed E-state index contributed by atoms with van der Waals surface area (Å²) in [6, 6.07) is 4.79. The van der Waals surface area contributed by atoms with E-state index in [2.05, 4.69) is 15.9 Å². The van der Waals surface area contributed by atoms with Gasteiger partial charge in [0.05, 0.1) is 5.56 Å². The molecule has 0 aliphatic heterocycles.